The van der Waals surface area contributed by atoms with Gasteiger partial charge in [-0.2, -0.15) is 0 Å². The Morgan fingerprint density at radius 2 is 1.68 bits per heavy atom. The standard InChI is InChI=1S/C26H19N5O2S/c1-16-10-12-17(13-11-16)30-24(33)19-7-3-5-9-22(19)31-25(30)28-29-26(31)34-15-23(32)20-14-27-21-8-4-2-6-18(20)21/h2-14,27H,15H2,1H3. The first-order chi connectivity index (χ1) is 16.6. The van der Waals surface area contributed by atoms with Crippen LogP contribution in [-0.2, 0) is 0 Å². The molecule has 34 heavy (non-hydrogen) atoms. The van der Waals surface area contributed by atoms with Gasteiger partial charge in [0.25, 0.3) is 5.56 Å². The number of para-hydroxylation sites is 2. The molecule has 0 aliphatic rings. The third-order valence-corrected chi connectivity index (χ3v) is 6.84. The minimum Gasteiger partial charge on any atom is -0.360 e. The number of aryl methyl sites for hydroxylation is 1. The molecule has 6 aromatic rings. The average Bonchev–Trinajstić information content (AvgIpc) is 3.48. The molecule has 6 rings (SSSR count). The number of rotatable bonds is 5. The van der Waals surface area contributed by atoms with Gasteiger partial charge >= 0.3 is 0 Å². The molecule has 0 saturated heterocycles. The highest BCUT2D eigenvalue weighted by Gasteiger charge is 2.19. The van der Waals surface area contributed by atoms with Crippen LogP contribution in [0.25, 0.3) is 33.3 Å². The molecule has 7 nitrogen and oxygen atoms in total. The summed E-state index contributed by atoms with van der Waals surface area (Å²) in [4.78, 5) is 29.6. The molecule has 0 radical (unpaired) electrons. The number of H-pyrrole nitrogens is 1. The number of Topliss-reactive ketones (excluding diaryl/α,β-unsaturated/α-hetero) is 1. The smallest absolute Gasteiger partial charge is 0.267 e. The summed E-state index contributed by atoms with van der Waals surface area (Å²) in [5.41, 5.74) is 3.94. The molecule has 0 unspecified atom stereocenters. The van der Waals surface area contributed by atoms with Crippen LogP contribution in [0.2, 0.25) is 0 Å². The van der Waals surface area contributed by atoms with E-state index in [4.69, 9.17) is 0 Å². The number of thioether (sulfide) groups is 1. The molecule has 0 aliphatic carbocycles. The van der Waals surface area contributed by atoms with Gasteiger partial charge in [-0.1, -0.05) is 59.8 Å². The zero-order valence-electron chi connectivity index (χ0n) is 18.2. The monoisotopic (exact) mass is 465 g/mol. The molecule has 1 N–H and O–H groups in total. The lowest BCUT2D eigenvalue weighted by Crippen LogP contribution is -2.21. The van der Waals surface area contributed by atoms with Crippen molar-refractivity contribution in [3.05, 3.63) is 100 Å². The number of fused-ring (bicyclic) bond motifs is 4. The third kappa shape index (κ3) is 3.22. The lowest BCUT2D eigenvalue weighted by molar-refractivity contribution is 0.102. The molecule has 0 spiro atoms. The molecule has 0 saturated carbocycles. The number of nitrogens with zero attached hydrogens (tertiary/aromatic N) is 4. The fraction of sp³-hybridized carbons (Fsp3) is 0.0769. The number of hydrogen-bond donors (Lipinski definition) is 1. The van der Waals surface area contributed by atoms with Crippen LogP contribution in [-0.4, -0.2) is 35.7 Å². The van der Waals surface area contributed by atoms with Crippen LogP contribution in [0, 0.1) is 6.92 Å². The lowest BCUT2D eigenvalue weighted by Gasteiger charge is -2.11. The lowest BCUT2D eigenvalue weighted by atomic mass is 10.1. The summed E-state index contributed by atoms with van der Waals surface area (Å²) in [6.07, 6.45) is 1.75. The van der Waals surface area contributed by atoms with Crippen molar-refractivity contribution >= 4 is 45.1 Å². The van der Waals surface area contributed by atoms with E-state index in [1.807, 2.05) is 78.1 Å². The van der Waals surface area contributed by atoms with E-state index in [-0.39, 0.29) is 17.1 Å². The van der Waals surface area contributed by atoms with E-state index < -0.39 is 0 Å². The Labute approximate surface area is 198 Å². The quantitative estimate of drug-likeness (QED) is 0.292. The van der Waals surface area contributed by atoms with E-state index in [1.54, 1.807) is 16.8 Å². The Morgan fingerprint density at radius 3 is 2.50 bits per heavy atom. The highest BCUT2D eigenvalue weighted by molar-refractivity contribution is 7.99. The Hall–Kier alpha value is -4.17. The van der Waals surface area contributed by atoms with Gasteiger partial charge in [-0.3, -0.25) is 14.0 Å². The van der Waals surface area contributed by atoms with Crippen LogP contribution in [0.3, 0.4) is 0 Å². The van der Waals surface area contributed by atoms with Gasteiger partial charge in [0.15, 0.2) is 10.9 Å². The van der Waals surface area contributed by atoms with Crippen molar-refractivity contribution in [3.8, 4) is 5.69 Å². The number of carbonyl (C=O) groups is 1. The highest BCUT2D eigenvalue weighted by atomic mass is 32.2. The molecule has 0 bridgehead atoms. The molecule has 0 amide bonds. The largest absolute Gasteiger partial charge is 0.360 e. The van der Waals surface area contributed by atoms with Gasteiger partial charge in [-0.05, 0) is 37.3 Å². The Balaban J connectivity index is 1.45. The Kier molecular flexibility index (Phi) is 4.81. The Morgan fingerprint density at radius 1 is 0.941 bits per heavy atom. The van der Waals surface area contributed by atoms with Crippen LogP contribution in [0.4, 0.5) is 0 Å². The minimum atomic E-state index is -0.161. The van der Waals surface area contributed by atoms with Gasteiger partial charge in [0.05, 0.1) is 22.3 Å². The summed E-state index contributed by atoms with van der Waals surface area (Å²) in [5, 5.41) is 10.7. The zero-order valence-corrected chi connectivity index (χ0v) is 19.0. The Bertz CT molecular complexity index is 1760. The number of ketones is 1. The second-order valence-corrected chi connectivity index (χ2v) is 9.01. The number of hydrogen-bond acceptors (Lipinski definition) is 5. The number of carbonyl (C=O) groups excluding carboxylic acids is 1. The molecule has 0 atom stereocenters. The molecule has 3 aromatic carbocycles. The summed E-state index contributed by atoms with van der Waals surface area (Å²) in [6, 6.07) is 22.8. The maximum atomic E-state index is 13.4. The maximum Gasteiger partial charge on any atom is 0.267 e. The molecular weight excluding hydrogens is 446 g/mol. The van der Waals surface area contributed by atoms with Gasteiger partial charge in [-0.25, -0.2) is 4.57 Å². The number of aromatic nitrogens is 5. The van der Waals surface area contributed by atoms with Crippen molar-refractivity contribution in [1.82, 2.24) is 24.1 Å². The van der Waals surface area contributed by atoms with E-state index in [9.17, 15) is 9.59 Å². The summed E-state index contributed by atoms with van der Waals surface area (Å²) in [7, 11) is 0. The molecule has 8 heteroatoms. The summed E-state index contributed by atoms with van der Waals surface area (Å²) in [6.45, 7) is 2.00. The molecular formula is C26H19N5O2S. The predicted octanol–water partition coefficient (Wildman–Crippen LogP) is 4.80. The van der Waals surface area contributed by atoms with Crippen LogP contribution in [0.1, 0.15) is 15.9 Å². The topological polar surface area (TPSA) is 85.0 Å². The van der Waals surface area contributed by atoms with Crippen molar-refractivity contribution in [1.29, 1.82) is 0 Å². The van der Waals surface area contributed by atoms with E-state index in [1.165, 1.54) is 11.8 Å². The normalized spacial score (nSPS) is 11.6. The maximum absolute atomic E-state index is 13.4. The number of aromatic amines is 1. The van der Waals surface area contributed by atoms with Crippen molar-refractivity contribution in [3.63, 3.8) is 0 Å². The first kappa shape index (κ1) is 20.4. The third-order valence-electron chi connectivity index (χ3n) is 5.91. The van der Waals surface area contributed by atoms with E-state index in [2.05, 4.69) is 15.2 Å². The van der Waals surface area contributed by atoms with E-state index in [0.29, 0.717) is 33.1 Å². The molecule has 0 fully saturated rings. The van der Waals surface area contributed by atoms with Crippen LogP contribution in [0.5, 0.6) is 0 Å². The van der Waals surface area contributed by atoms with Crippen LogP contribution >= 0.6 is 11.8 Å². The van der Waals surface area contributed by atoms with E-state index in [0.717, 1.165) is 16.5 Å². The zero-order chi connectivity index (χ0) is 23.2. The second-order valence-electron chi connectivity index (χ2n) is 8.07. The predicted molar refractivity (Wildman–Crippen MR) is 134 cm³/mol. The van der Waals surface area contributed by atoms with Gasteiger partial charge in [0.2, 0.25) is 5.78 Å². The van der Waals surface area contributed by atoms with Crippen molar-refractivity contribution in [2.45, 2.75) is 12.1 Å². The summed E-state index contributed by atoms with van der Waals surface area (Å²) >= 11 is 1.31. The second kappa shape index (κ2) is 8.00. The molecule has 3 heterocycles. The number of benzene rings is 3. The first-order valence-electron chi connectivity index (χ1n) is 10.8. The summed E-state index contributed by atoms with van der Waals surface area (Å²) in [5.74, 6) is 0.602. The summed E-state index contributed by atoms with van der Waals surface area (Å²) < 4.78 is 3.42. The van der Waals surface area contributed by atoms with Gasteiger partial charge < -0.3 is 4.98 Å². The van der Waals surface area contributed by atoms with Crippen molar-refractivity contribution in [2.24, 2.45) is 0 Å². The van der Waals surface area contributed by atoms with Gasteiger partial charge in [-0.15, -0.1) is 10.2 Å². The fourth-order valence-corrected chi connectivity index (χ4v) is 5.03. The van der Waals surface area contributed by atoms with Crippen LogP contribution < -0.4 is 5.56 Å². The minimum absolute atomic E-state index is 0.00429. The highest BCUT2D eigenvalue weighted by Crippen LogP contribution is 2.25. The fourth-order valence-electron chi connectivity index (χ4n) is 4.21. The molecule has 0 aliphatic heterocycles. The van der Waals surface area contributed by atoms with Gasteiger partial charge in [0.1, 0.15) is 0 Å². The van der Waals surface area contributed by atoms with Crippen molar-refractivity contribution in [2.75, 3.05) is 5.75 Å². The van der Waals surface area contributed by atoms with Gasteiger partial charge in [0, 0.05) is 22.7 Å². The van der Waals surface area contributed by atoms with Crippen molar-refractivity contribution < 1.29 is 4.79 Å². The number of nitrogens with one attached hydrogen (secondary N) is 1. The SMILES string of the molecule is Cc1ccc(-n2c(=O)c3ccccc3n3c(SCC(=O)c4c[nH]c5ccccc45)nnc23)cc1. The van der Waals surface area contributed by atoms with Crippen LogP contribution in [0.15, 0.2) is 88.9 Å². The average molecular weight is 466 g/mol. The molecule has 3 aromatic heterocycles. The van der Waals surface area contributed by atoms with E-state index >= 15 is 0 Å². The first-order valence-corrected chi connectivity index (χ1v) is 11.8. The molecule has 166 valence electrons.